The third-order valence-electron chi connectivity index (χ3n) is 5.04. The van der Waals surface area contributed by atoms with E-state index in [1.807, 2.05) is 19.1 Å². The lowest BCUT2D eigenvalue weighted by Crippen LogP contribution is -2.08. The van der Waals surface area contributed by atoms with E-state index in [4.69, 9.17) is 4.74 Å². The van der Waals surface area contributed by atoms with Crippen molar-refractivity contribution in [3.63, 3.8) is 0 Å². The Morgan fingerprint density at radius 2 is 1.46 bits per heavy atom. The van der Waals surface area contributed by atoms with Crippen LogP contribution in [0.1, 0.15) is 89.7 Å². The van der Waals surface area contributed by atoms with Crippen LogP contribution < -0.4 is 0 Å². The van der Waals surface area contributed by atoms with Crippen molar-refractivity contribution in [1.29, 1.82) is 0 Å². The Morgan fingerprint density at radius 1 is 0.846 bits per heavy atom. The number of fused-ring (bicyclic) bond motifs is 1. The normalized spacial score (nSPS) is 12.2. The molecule has 0 spiro atoms. The first-order valence-electron chi connectivity index (χ1n) is 10.4. The average molecular weight is 355 g/mol. The van der Waals surface area contributed by atoms with Gasteiger partial charge in [0.05, 0.1) is 0 Å². The van der Waals surface area contributed by atoms with Gasteiger partial charge in [-0.25, -0.2) is 0 Å². The molecule has 1 atom stereocenters. The lowest BCUT2D eigenvalue weighted by Gasteiger charge is -2.14. The van der Waals surface area contributed by atoms with Crippen molar-refractivity contribution in [2.75, 3.05) is 0 Å². The maximum absolute atomic E-state index is 12.1. The molecule has 0 heterocycles. The van der Waals surface area contributed by atoms with Crippen molar-refractivity contribution in [2.24, 2.45) is 0 Å². The van der Waals surface area contributed by atoms with Crippen LogP contribution in [-0.4, -0.2) is 5.97 Å². The van der Waals surface area contributed by atoms with E-state index >= 15 is 0 Å². The Labute approximate surface area is 158 Å². The van der Waals surface area contributed by atoms with Crippen LogP contribution in [0.25, 0.3) is 10.8 Å². The monoisotopic (exact) mass is 354 g/mol. The molecule has 0 aliphatic heterocycles. The third kappa shape index (κ3) is 7.19. The Hall–Kier alpha value is -1.83. The maximum Gasteiger partial charge on any atom is 0.306 e. The topological polar surface area (TPSA) is 26.3 Å². The number of ether oxygens (including phenoxy) is 1. The third-order valence-corrected chi connectivity index (χ3v) is 5.04. The molecule has 0 amide bonds. The summed E-state index contributed by atoms with van der Waals surface area (Å²) in [5, 5.41) is 2.40. The van der Waals surface area contributed by atoms with E-state index in [9.17, 15) is 4.79 Å². The van der Waals surface area contributed by atoms with E-state index in [0.717, 1.165) is 18.4 Å². The predicted octanol–water partition coefficient (Wildman–Crippen LogP) is 7.36. The molecule has 0 bridgehead atoms. The quantitative estimate of drug-likeness (QED) is 0.294. The number of carbonyl (C=O) groups is 1. The summed E-state index contributed by atoms with van der Waals surface area (Å²) in [6.45, 7) is 4.21. The van der Waals surface area contributed by atoms with Crippen LogP contribution in [0.15, 0.2) is 42.5 Å². The molecule has 0 saturated carbocycles. The summed E-state index contributed by atoms with van der Waals surface area (Å²) >= 11 is 0. The Kier molecular flexibility index (Phi) is 9.23. The summed E-state index contributed by atoms with van der Waals surface area (Å²) < 4.78 is 5.62. The number of rotatable bonds is 12. The second-order valence-corrected chi connectivity index (χ2v) is 7.32. The van der Waals surface area contributed by atoms with Gasteiger partial charge in [0.2, 0.25) is 0 Å². The molecule has 2 aromatic carbocycles. The summed E-state index contributed by atoms with van der Waals surface area (Å²) in [7, 11) is 0. The standard InChI is InChI=1S/C24H34O2/c1-3-4-5-6-7-8-9-10-11-16-24(25)26-20(2)22-18-17-21-14-12-13-15-23(21)19-22/h12-15,17-20H,3-11,16H2,1-2H3/t20-/m1/s1. The fourth-order valence-electron chi connectivity index (χ4n) is 3.36. The smallest absolute Gasteiger partial charge is 0.306 e. The van der Waals surface area contributed by atoms with Crippen LogP contribution >= 0.6 is 0 Å². The average Bonchev–Trinajstić information content (AvgIpc) is 2.66. The molecular weight excluding hydrogens is 320 g/mol. The van der Waals surface area contributed by atoms with E-state index in [2.05, 4.69) is 37.3 Å². The van der Waals surface area contributed by atoms with Gasteiger partial charge in [0, 0.05) is 6.42 Å². The number of hydrogen-bond acceptors (Lipinski definition) is 2. The summed E-state index contributed by atoms with van der Waals surface area (Å²) in [5.74, 6) is -0.0754. The minimum Gasteiger partial charge on any atom is -0.458 e. The molecule has 142 valence electrons. The highest BCUT2D eigenvalue weighted by Gasteiger charge is 2.12. The van der Waals surface area contributed by atoms with Crippen LogP contribution in [0.5, 0.6) is 0 Å². The zero-order valence-corrected chi connectivity index (χ0v) is 16.5. The molecule has 0 saturated heterocycles. The van der Waals surface area contributed by atoms with Crippen molar-refractivity contribution >= 4 is 16.7 Å². The Bertz CT molecular complexity index is 662. The molecule has 2 aromatic rings. The number of unbranched alkanes of at least 4 members (excludes halogenated alkanes) is 8. The van der Waals surface area contributed by atoms with E-state index < -0.39 is 0 Å². The van der Waals surface area contributed by atoms with Crippen molar-refractivity contribution < 1.29 is 9.53 Å². The zero-order chi connectivity index (χ0) is 18.6. The number of benzene rings is 2. The van der Waals surface area contributed by atoms with Gasteiger partial charge in [-0.05, 0) is 35.7 Å². The number of carbonyl (C=O) groups excluding carboxylic acids is 1. The SMILES string of the molecule is CCCCCCCCCCCC(=O)O[C@H](C)c1ccc2ccccc2c1. The Morgan fingerprint density at radius 3 is 2.15 bits per heavy atom. The number of hydrogen-bond donors (Lipinski definition) is 0. The molecular formula is C24H34O2. The molecule has 0 fully saturated rings. The lowest BCUT2D eigenvalue weighted by molar-refractivity contribution is -0.148. The molecule has 2 nitrogen and oxygen atoms in total. The van der Waals surface area contributed by atoms with E-state index in [1.165, 1.54) is 55.7 Å². The molecule has 26 heavy (non-hydrogen) atoms. The molecule has 2 heteroatoms. The minimum atomic E-state index is -0.189. The van der Waals surface area contributed by atoms with Gasteiger partial charge in [0.1, 0.15) is 6.10 Å². The largest absolute Gasteiger partial charge is 0.458 e. The van der Waals surface area contributed by atoms with Gasteiger partial charge in [-0.1, -0.05) is 94.7 Å². The van der Waals surface area contributed by atoms with E-state index in [-0.39, 0.29) is 12.1 Å². The lowest BCUT2D eigenvalue weighted by atomic mass is 10.0. The van der Waals surface area contributed by atoms with Crippen LogP contribution in [0.4, 0.5) is 0 Å². The maximum atomic E-state index is 12.1. The van der Waals surface area contributed by atoms with Gasteiger partial charge in [-0.15, -0.1) is 0 Å². The summed E-state index contributed by atoms with van der Waals surface area (Å²) in [6.07, 6.45) is 11.7. The van der Waals surface area contributed by atoms with Gasteiger partial charge in [0.25, 0.3) is 0 Å². The van der Waals surface area contributed by atoms with E-state index in [0.29, 0.717) is 6.42 Å². The van der Waals surface area contributed by atoms with Gasteiger partial charge in [0.15, 0.2) is 0 Å². The summed E-state index contributed by atoms with van der Waals surface area (Å²) in [4.78, 5) is 12.1. The van der Waals surface area contributed by atoms with E-state index in [1.54, 1.807) is 0 Å². The second-order valence-electron chi connectivity index (χ2n) is 7.32. The summed E-state index contributed by atoms with van der Waals surface area (Å²) in [6, 6.07) is 14.5. The molecule has 0 aromatic heterocycles. The van der Waals surface area contributed by atoms with Crippen LogP contribution in [0.3, 0.4) is 0 Å². The first kappa shape index (κ1) is 20.5. The van der Waals surface area contributed by atoms with Gasteiger partial charge < -0.3 is 4.74 Å². The molecule has 0 unspecified atom stereocenters. The van der Waals surface area contributed by atoms with Crippen LogP contribution in [0.2, 0.25) is 0 Å². The molecule has 0 aliphatic rings. The van der Waals surface area contributed by atoms with Crippen molar-refractivity contribution in [3.8, 4) is 0 Å². The minimum absolute atomic E-state index is 0.0754. The van der Waals surface area contributed by atoms with Gasteiger partial charge in [-0.3, -0.25) is 4.79 Å². The number of esters is 1. The van der Waals surface area contributed by atoms with Crippen molar-refractivity contribution in [2.45, 2.75) is 84.2 Å². The second kappa shape index (κ2) is 11.7. The molecule has 0 radical (unpaired) electrons. The fourth-order valence-corrected chi connectivity index (χ4v) is 3.36. The van der Waals surface area contributed by atoms with Gasteiger partial charge >= 0.3 is 5.97 Å². The summed E-state index contributed by atoms with van der Waals surface area (Å²) in [5.41, 5.74) is 1.06. The first-order valence-corrected chi connectivity index (χ1v) is 10.4. The molecule has 2 rings (SSSR count). The Balaban J connectivity index is 1.62. The fraction of sp³-hybridized carbons (Fsp3) is 0.542. The predicted molar refractivity (Wildman–Crippen MR) is 110 cm³/mol. The highest BCUT2D eigenvalue weighted by atomic mass is 16.5. The van der Waals surface area contributed by atoms with Gasteiger partial charge in [-0.2, -0.15) is 0 Å². The van der Waals surface area contributed by atoms with Crippen LogP contribution in [-0.2, 0) is 9.53 Å². The molecule has 0 aliphatic carbocycles. The molecule has 0 N–H and O–H groups in total. The van der Waals surface area contributed by atoms with Crippen molar-refractivity contribution in [3.05, 3.63) is 48.0 Å². The zero-order valence-electron chi connectivity index (χ0n) is 16.5. The van der Waals surface area contributed by atoms with Crippen LogP contribution in [0, 0.1) is 0 Å². The van der Waals surface area contributed by atoms with Crippen molar-refractivity contribution in [1.82, 2.24) is 0 Å². The highest BCUT2D eigenvalue weighted by molar-refractivity contribution is 5.83. The highest BCUT2D eigenvalue weighted by Crippen LogP contribution is 2.23. The first-order chi connectivity index (χ1) is 12.7.